The van der Waals surface area contributed by atoms with Gasteiger partial charge in [-0.3, -0.25) is 19.6 Å². The molecule has 0 amide bonds. The number of hydrogen-bond donors (Lipinski definition) is 3. The Morgan fingerprint density at radius 2 is 0.568 bits per heavy atom. The zero-order valence-electron chi connectivity index (χ0n) is 72.5. The molecule has 4 heterocycles. The first-order valence-electron chi connectivity index (χ1n) is 43.1. The first-order chi connectivity index (χ1) is 63.5. The van der Waals surface area contributed by atoms with Crippen molar-refractivity contribution in [2.45, 2.75) is 70.2 Å². The molecule has 132 heavy (non-hydrogen) atoms. The van der Waals surface area contributed by atoms with E-state index >= 15 is 0 Å². The molecule has 4 saturated heterocycles. The van der Waals surface area contributed by atoms with Crippen molar-refractivity contribution in [1.29, 1.82) is 31.6 Å². The Kier molecular flexibility index (Phi) is 35.4. The van der Waals surface area contributed by atoms with Crippen LogP contribution >= 0.6 is 69.6 Å². The molecule has 0 radical (unpaired) electrons. The van der Waals surface area contributed by atoms with Gasteiger partial charge in [-0.05, 0) is 234 Å². The van der Waals surface area contributed by atoms with E-state index in [1.54, 1.807) is 36.4 Å². The van der Waals surface area contributed by atoms with Crippen LogP contribution in [0.2, 0.25) is 30.1 Å². The van der Waals surface area contributed by atoms with Crippen molar-refractivity contribution in [2.24, 2.45) is 0 Å². The van der Waals surface area contributed by atoms with Crippen molar-refractivity contribution in [2.75, 3.05) is 124 Å². The van der Waals surface area contributed by atoms with Crippen LogP contribution in [-0.2, 0) is 6.42 Å². The second-order valence-electron chi connectivity index (χ2n) is 32.8. The Labute approximate surface area is 805 Å². The number of piperazine rings is 4. The van der Waals surface area contributed by atoms with Gasteiger partial charge in [-0.2, -0.15) is 31.6 Å². The van der Waals surface area contributed by atoms with Crippen LogP contribution in [-0.4, -0.2) is 140 Å². The Bertz CT molecular complexity index is 6080. The average molecular weight is 1870 g/mol. The van der Waals surface area contributed by atoms with Crippen LogP contribution in [0.5, 0.6) is 0 Å². The summed E-state index contributed by atoms with van der Waals surface area (Å²) in [6.45, 7) is 15.7. The maximum Gasteiger partial charge on any atom is 0.101 e. The minimum Gasteiger partial charge on any atom is -0.387 e. The predicted molar refractivity (Wildman–Crippen MR) is 532 cm³/mol. The highest BCUT2D eigenvalue weighted by Crippen LogP contribution is 2.42. The lowest BCUT2D eigenvalue weighted by atomic mass is 9.98. The number of β-amino-alcohol motifs (C(OH)–C–C–N with tert-alkyl or cyclic N) is 3. The van der Waals surface area contributed by atoms with E-state index in [-0.39, 0.29) is 31.6 Å². The lowest BCUT2D eigenvalue weighted by Crippen LogP contribution is -2.49. The molecule has 4 fully saturated rings. The summed E-state index contributed by atoms with van der Waals surface area (Å²) < 4.78 is 0. The largest absolute Gasteiger partial charge is 0.387 e. The number of aliphatic hydroxyl groups is 3. The van der Waals surface area contributed by atoms with Gasteiger partial charge in [0.15, 0.2) is 0 Å². The Morgan fingerprint density at radius 3 is 0.841 bits per heavy atom. The van der Waals surface area contributed by atoms with Crippen LogP contribution in [0.1, 0.15) is 150 Å². The molecule has 3 N–H and O–H groups in total. The summed E-state index contributed by atoms with van der Waals surface area (Å²) in [7, 11) is 0. The van der Waals surface area contributed by atoms with Crippen molar-refractivity contribution in [3.63, 3.8) is 0 Å². The van der Waals surface area contributed by atoms with E-state index in [1.807, 2.05) is 220 Å². The van der Waals surface area contributed by atoms with Crippen molar-refractivity contribution in [1.82, 2.24) is 19.6 Å². The number of aliphatic hydroxyl groups excluding tert-OH is 3. The highest BCUT2D eigenvalue weighted by Gasteiger charge is 2.36. The molecule has 0 aliphatic carbocycles. The normalized spacial score (nSPS) is 16.9. The summed E-state index contributed by atoms with van der Waals surface area (Å²) in [5.74, 6) is 5.25. The van der Waals surface area contributed by atoms with E-state index in [4.69, 9.17) is 103 Å². The van der Waals surface area contributed by atoms with Crippen LogP contribution in [0, 0.1) is 107 Å². The number of rotatable bonds is 20. The van der Waals surface area contributed by atoms with Gasteiger partial charge in [-0.1, -0.05) is 198 Å². The van der Waals surface area contributed by atoms with E-state index in [9.17, 15) is 25.8 Å². The van der Waals surface area contributed by atoms with Gasteiger partial charge in [-0.25, -0.2) is 0 Å². The van der Waals surface area contributed by atoms with Crippen LogP contribution in [0.4, 0.5) is 22.7 Å². The predicted octanol–water partition coefficient (Wildman–Crippen LogP) is 22.0. The molecule has 7 atom stereocenters. The molecule has 0 saturated carbocycles. The zero-order chi connectivity index (χ0) is 92.6. The summed E-state index contributed by atoms with van der Waals surface area (Å²) in [5.41, 5.74) is 19.4. The highest BCUT2D eigenvalue weighted by molar-refractivity contribution is 6.34. The Balaban J connectivity index is 0.000000158. The number of nitrogens with zero attached hydrogens (tertiary/aromatic N) is 14. The monoisotopic (exact) mass is 1860 g/mol. The Morgan fingerprint density at radius 1 is 0.311 bits per heavy atom. The number of nitriles is 6. The maximum absolute atomic E-state index is 10.8. The van der Waals surface area contributed by atoms with Gasteiger partial charge in [0.2, 0.25) is 0 Å². The van der Waals surface area contributed by atoms with Crippen LogP contribution in [0.25, 0.3) is 0 Å². The van der Waals surface area contributed by atoms with Crippen molar-refractivity contribution in [3.8, 4) is 61.1 Å². The van der Waals surface area contributed by atoms with Crippen LogP contribution in [0.15, 0.2) is 267 Å². The number of halogens is 6. The summed E-state index contributed by atoms with van der Waals surface area (Å²) in [6.07, 6.45) is 10.1. The van der Waals surface area contributed by atoms with Crippen molar-refractivity contribution >= 4 is 92.4 Å². The van der Waals surface area contributed by atoms with Gasteiger partial charge in [-0.15, -0.1) is 12.8 Å². The second-order valence-corrected chi connectivity index (χ2v) is 35.4. The van der Waals surface area contributed by atoms with Crippen LogP contribution in [0.3, 0.4) is 0 Å². The number of anilines is 4. The number of aryl methyl sites for hydroxylation is 2. The van der Waals surface area contributed by atoms with Gasteiger partial charge in [0.25, 0.3) is 0 Å². The molecule has 0 spiro atoms. The number of hydrogen-bond acceptors (Lipinski definition) is 17. The molecule has 7 unspecified atom stereocenters. The van der Waals surface area contributed by atoms with Crippen LogP contribution < -0.4 is 19.6 Å². The smallest absolute Gasteiger partial charge is 0.101 e. The molecule has 0 bridgehead atoms. The third-order valence-electron chi connectivity index (χ3n) is 24.3. The fourth-order valence-electron chi connectivity index (χ4n) is 17.2. The topological polar surface area (TPSA) is 229 Å². The quantitative estimate of drug-likeness (QED) is 0.0602. The lowest BCUT2D eigenvalue weighted by Gasteiger charge is -2.44. The fraction of sp³-hybridized carbons (Fsp3) is 0.248. The molecule has 12 aromatic rings. The first-order valence-corrected chi connectivity index (χ1v) is 45.3. The zero-order valence-corrected chi connectivity index (χ0v) is 77.0. The minimum absolute atomic E-state index is 0. The molecule has 12 aromatic carbocycles. The van der Waals surface area contributed by atoms with Gasteiger partial charge >= 0.3 is 0 Å². The minimum atomic E-state index is -0.649. The molecule has 17 nitrogen and oxygen atoms in total. The molecule has 666 valence electrons. The van der Waals surface area contributed by atoms with Gasteiger partial charge in [0.1, 0.15) is 12.1 Å². The summed E-state index contributed by atoms with van der Waals surface area (Å²) in [5, 5.41) is 92.0. The van der Waals surface area contributed by atoms with Crippen molar-refractivity contribution < 1.29 is 15.3 Å². The number of benzene rings is 12. The summed E-state index contributed by atoms with van der Waals surface area (Å²) >= 11 is 37.8. The fourth-order valence-corrected chi connectivity index (χ4v) is 18.2. The first kappa shape index (κ1) is 98.4. The highest BCUT2D eigenvalue weighted by atomic mass is 35.5. The molecule has 0 aromatic heterocycles. The van der Waals surface area contributed by atoms with Crippen molar-refractivity contribution in [3.05, 3.63) is 397 Å². The SMILES string of the molecule is C.C#Cc1ccc(N2CCN(CC(O)c3ccc(C#N)cc3)CC2c2ccc(Cl)cc2)c(Cl)c1.C#Cc1ccc(N2CCN(CC(O)c3ccc(C#N)cc3)CC2c2ccc(Cl)cc2)c(Cl)c1.Cc1ccc(N2CCN(CC(O)c3ccc(C#N)cc3)CC2c2ccc(Cl)cc2)c(C#N)c1.Cc1ccc(N2CCN(CCc3ccc(C#N)cc3)CC2c2ccc(Cl)cc2)c(C#N)c1. The van der Waals surface area contributed by atoms with Gasteiger partial charge < -0.3 is 34.9 Å². The lowest BCUT2D eigenvalue weighted by molar-refractivity contribution is 0.100. The summed E-state index contributed by atoms with van der Waals surface area (Å²) in [6, 6.07) is 97.6. The molecule has 4 aliphatic rings. The molecule has 4 aliphatic heterocycles. The third-order valence-corrected chi connectivity index (χ3v) is 25.9. The van der Waals surface area contributed by atoms with E-state index < -0.39 is 18.3 Å². The maximum atomic E-state index is 10.8. The molecular weight excluding hydrogens is 1770 g/mol. The van der Waals surface area contributed by atoms with Gasteiger partial charge in [0, 0.05) is 136 Å². The molecule has 23 heteroatoms. The third kappa shape index (κ3) is 25.8. The average Bonchev–Trinajstić information content (AvgIpc) is 0.799. The van der Waals surface area contributed by atoms with E-state index in [0.29, 0.717) is 92.2 Å². The molecule has 16 rings (SSSR count). The summed E-state index contributed by atoms with van der Waals surface area (Å²) in [4.78, 5) is 18.5. The second kappa shape index (κ2) is 47.4. The van der Waals surface area contributed by atoms with E-state index in [0.717, 1.165) is 161 Å². The van der Waals surface area contributed by atoms with Gasteiger partial charge in [0.05, 0.1) is 133 Å². The van der Waals surface area contributed by atoms with E-state index in [1.165, 1.54) is 11.1 Å². The van der Waals surface area contributed by atoms with E-state index in [2.05, 4.69) is 112 Å². The Hall–Kier alpha value is -12.6. The molecular formula is C109H100Cl6N14O3. The number of terminal acetylenes is 2. The standard InChI is InChI=1S/2C27H23Cl2N3O.C27H25ClN4O.C27H25ClN4.CH4/c2*1-2-19-5-12-25(24(29)15-19)32-14-13-31(17-26(32)21-8-10-23(28)11-9-21)18-27(33)22-6-3-20(16-30)4-7-22;1-19-2-11-25(23(14-19)16-30)32-13-12-31(17-26(32)21-7-9-24(28)10-8-21)18-27(33)22-5-3-20(15-29)4-6-22;1-20-2-11-26(24(16-20)18-30)32-15-14-31(13-12-21-3-5-22(17-29)6-4-21)19-27(32)23-7-9-25(28)10-8-23;/h2*1,3-12,15,26-27,33H,13-14,17-18H2;2-11,14,26-27,33H,12-13,17-18H2,1H3;2-11,16,27H,12-15,19H2,1H3;1H4.